The van der Waals surface area contributed by atoms with Crippen LogP contribution in [0.15, 0.2) is 77.7 Å². The quantitative estimate of drug-likeness (QED) is 0.707. The smallest absolute Gasteiger partial charge is 0.241 e. The number of hydrogen-bond donors (Lipinski definition) is 1. The Balaban J connectivity index is 1.89. The minimum atomic E-state index is -3.66. The fourth-order valence-corrected chi connectivity index (χ4v) is 4.40. The van der Waals surface area contributed by atoms with Gasteiger partial charge in [-0.1, -0.05) is 66.7 Å². The Morgan fingerprint density at radius 2 is 1.60 bits per heavy atom. The zero-order valence-corrected chi connectivity index (χ0v) is 14.9. The standard InChI is InChI=1S/C20H21NO3S/c1-24-15-18(14-16-8-3-2-4-9-16)21-25(22,23)20-13-7-11-17-10-5-6-12-19(17)20/h2-13,18,21H,14-15H2,1H3/t18-/m0/s1. The summed E-state index contributed by atoms with van der Waals surface area (Å²) in [6.07, 6.45) is 0.568. The molecule has 3 aromatic rings. The normalized spacial score (nSPS) is 13.0. The highest BCUT2D eigenvalue weighted by Gasteiger charge is 2.22. The van der Waals surface area contributed by atoms with E-state index in [2.05, 4.69) is 4.72 Å². The first kappa shape index (κ1) is 17.6. The molecule has 0 heterocycles. The lowest BCUT2D eigenvalue weighted by molar-refractivity contribution is 0.174. The topological polar surface area (TPSA) is 55.4 Å². The predicted molar refractivity (Wildman–Crippen MR) is 100 cm³/mol. The molecule has 0 bridgehead atoms. The highest BCUT2D eigenvalue weighted by atomic mass is 32.2. The number of nitrogens with one attached hydrogen (secondary N) is 1. The molecule has 0 radical (unpaired) electrons. The summed E-state index contributed by atoms with van der Waals surface area (Å²) in [4.78, 5) is 0.291. The van der Waals surface area contributed by atoms with E-state index >= 15 is 0 Å². The van der Waals surface area contributed by atoms with Crippen LogP contribution in [0, 0.1) is 0 Å². The Kier molecular flexibility index (Phi) is 5.48. The van der Waals surface area contributed by atoms with Gasteiger partial charge in [-0.3, -0.25) is 0 Å². The van der Waals surface area contributed by atoms with Crippen LogP contribution < -0.4 is 4.72 Å². The molecule has 0 amide bonds. The molecule has 3 rings (SSSR count). The Morgan fingerprint density at radius 3 is 2.36 bits per heavy atom. The van der Waals surface area contributed by atoms with Crippen LogP contribution in [0.5, 0.6) is 0 Å². The summed E-state index contributed by atoms with van der Waals surface area (Å²) in [5.74, 6) is 0. The summed E-state index contributed by atoms with van der Waals surface area (Å²) in [6, 6.07) is 22.2. The van der Waals surface area contributed by atoms with Crippen molar-refractivity contribution in [1.82, 2.24) is 4.72 Å². The van der Waals surface area contributed by atoms with Gasteiger partial charge in [-0.15, -0.1) is 0 Å². The predicted octanol–water partition coefficient (Wildman–Crippen LogP) is 3.38. The Bertz CT molecular complexity index is 934. The minimum Gasteiger partial charge on any atom is -0.383 e. The van der Waals surface area contributed by atoms with Gasteiger partial charge in [0.1, 0.15) is 0 Å². The van der Waals surface area contributed by atoms with Crippen molar-refractivity contribution >= 4 is 20.8 Å². The van der Waals surface area contributed by atoms with Crippen LogP contribution in [-0.4, -0.2) is 28.2 Å². The van der Waals surface area contributed by atoms with Gasteiger partial charge in [-0.05, 0) is 23.4 Å². The van der Waals surface area contributed by atoms with Gasteiger partial charge in [0.2, 0.25) is 10.0 Å². The van der Waals surface area contributed by atoms with Crippen LogP contribution in [0.25, 0.3) is 10.8 Å². The van der Waals surface area contributed by atoms with E-state index in [-0.39, 0.29) is 6.04 Å². The third-order valence-corrected chi connectivity index (χ3v) is 5.63. The van der Waals surface area contributed by atoms with Gasteiger partial charge in [-0.2, -0.15) is 0 Å². The second-order valence-electron chi connectivity index (χ2n) is 5.94. The van der Waals surface area contributed by atoms with Crippen molar-refractivity contribution in [2.75, 3.05) is 13.7 Å². The zero-order valence-electron chi connectivity index (χ0n) is 14.1. The maximum atomic E-state index is 13.0. The molecule has 1 atom stereocenters. The van der Waals surface area contributed by atoms with Crippen molar-refractivity contribution < 1.29 is 13.2 Å². The van der Waals surface area contributed by atoms with Crippen molar-refractivity contribution in [2.24, 2.45) is 0 Å². The zero-order chi connectivity index (χ0) is 17.7. The van der Waals surface area contributed by atoms with Crippen LogP contribution in [0.1, 0.15) is 5.56 Å². The van der Waals surface area contributed by atoms with Crippen LogP contribution in [0.2, 0.25) is 0 Å². The van der Waals surface area contributed by atoms with E-state index in [0.29, 0.717) is 23.3 Å². The van der Waals surface area contributed by atoms with Gasteiger partial charge in [0.05, 0.1) is 11.5 Å². The summed E-state index contributed by atoms with van der Waals surface area (Å²) < 4.78 is 33.9. The van der Waals surface area contributed by atoms with E-state index in [4.69, 9.17) is 4.74 Å². The van der Waals surface area contributed by atoms with Crippen molar-refractivity contribution in [2.45, 2.75) is 17.4 Å². The molecule has 0 aromatic heterocycles. The average molecular weight is 355 g/mol. The van der Waals surface area contributed by atoms with Gasteiger partial charge in [0.25, 0.3) is 0 Å². The summed E-state index contributed by atoms with van der Waals surface area (Å²) in [7, 11) is -2.08. The molecule has 0 aliphatic carbocycles. The Labute approximate surface area is 148 Å². The molecule has 1 N–H and O–H groups in total. The highest BCUT2D eigenvalue weighted by Crippen LogP contribution is 2.23. The highest BCUT2D eigenvalue weighted by molar-refractivity contribution is 7.89. The number of sulfonamides is 1. The molecule has 4 nitrogen and oxygen atoms in total. The Hall–Kier alpha value is -2.21. The molecule has 130 valence electrons. The maximum Gasteiger partial charge on any atom is 0.241 e. The summed E-state index contributed by atoms with van der Waals surface area (Å²) in [5, 5.41) is 1.62. The van der Waals surface area contributed by atoms with Crippen molar-refractivity contribution in [3.8, 4) is 0 Å². The van der Waals surface area contributed by atoms with E-state index in [0.717, 1.165) is 10.9 Å². The fourth-order valence-electron chi connectivity index (χ4n) is 2.95. The lowest BCUT2D eigenvalue weighted by atomic mass is 10.1. The molecule has 3 aromatic carbocycles. The van der Waals surface area contributed by atoms with Crippen LogP contribution in [-0.2, 0) is 21.2 Å². The number of ether oxygens (including phenoxy) is 1. The van der Waals surface area contributed by atoms with Gasteiger partial charge >= 0.3 is 0 Å². The molecular formula is C20H21NO3S. The van der Waals surface area contributed by atoms with E-state index in [1.165, 1.54) is 0 Å². The molecule has 0 aliphatic rings. The lowest BCUT2D eigenvalue weighted by Gasteiger charge is -2.19. The summed E-state index contributed by atoms with van der Waals surface area (Å²) in [5.41, 5.74) is 1.06. The van der Waals surface area contributed by atoms with E-state index in [9.17, 15) is 8.42 Å². The van der Waals surface area contributed by atoms with Gasteiger partial charge in [0.15, 0.2) is 0 Å². The van der Waals surface area contributed by atoms with Crippen molar-refractivity contribution in [3.63, 3.8) is 0 Å². The monoisotopic (exact) mass is 355 g/mol. The van der Waals surface area contributed by atoms with Gasteiger partial charge < -0.3 is 4.74 Å². The van der Waals surface area contributed by atoms with E-state index in [1.54, 1.807) is 19.2 Å². The molecule has 25 heavy (non-hydrogen) atoms. The van der Waals surface area contributed by atoms with Crippen LogP contribution >= 0.6 is 0 Å². The average Bonchev–Trinajstić information content (AvgIpc) is 2.62. The first-order chi connectivity index (χ1) is 12.1. The second kappa shape index (κ2) is 7.78. The summed E-state index contributed by atoms with van der Waals surface area (Å²) in [6.45, 7) is 0.304. The third-order valence-electron chi connectivity index (χ3n) is 4.05. The van der Waals surface area contributed by atoms with Crippen molar-refractivity contribution in [3.05, 3.63) is 78.4 Å². The minimum absolute atomic E-state index is 0.291. The second-order valence-corrected chi connectivity index (χ2v) is 7.62. The molecule has 0 saturated carbocycles. The van der Waals surface area contributed by atoms with E-state index in [1.807, 2.05) is 60.7 Å². The van der Waals surface area contributed by atoms with Crippen LogP contribution in [0.4, 0.5) is 0 Å². The largest absolute Gasteiger partial charge is 0.383 e. The first-order valence-corrected chi connectivity index (χ1v) is 9.61. The SMILES string of the molecule is COC[C@H](Cc1ccccc1)NS(=O)(=O)c1cccc2ccccc12. The molecule has 0 saturated heterocycles. The molecular weight excluding hydrogens is 334 g/mol. The maximum absolute atomic E-state index is 13.0. The molecule has 0 aliphatic heterocycles. The third kappa shape index (κ3) is 4.25. The van der Waals surface area contributed by atoms with Crippen LogP contribution in [0.3, 0.4) is 0 Å². The number of hydrogen-bond acceptors (Lipinski definition) is 3. The lowest BCUT2D eigenvalue weighted by Crippen LogP contribution is -2.39. The number of methoxy groups -OCH3 is 1. The molecule has 0 spiro atoms. The van der Waals surface area contributed by atoms with Gasteiger partial charge in [-0.25, -0.2) is 13.1 Å². The number of rotatable bonds is 7. The first-order valence-electron chi connectivity index (χ1n) is 8.13. The van der Waals surface area contributed by atoms with E-state index < -0.39 is 10.0 Å². The molecule has 0 unspecified atom stereocenters. The Morgan fingerprint density at radius 1 is 0.920 bits per heavy atom. The van der Waals surface area contributed by atoms with Gasteiger partial charge in [0, 0.05) is 18.5 Å². The number of fused-ring (bicyclic) bond motifs is 1. The summed E-state index contributed by atoms with van der Waals surface area (Å²) >= 11 is 0. The number of benzene rings is 3. The molecule has 5 heteroatoms. The molecule has 0 fully saturated rings. The van der Waals surface area contributed by atoms with Crippen molar-refractivity contribution in [1.29, 1.82) is 0 Å². The fraction of sp³-hybridized carbons (Fsp3) is 0.200.